The number of nitrogens with zero attached hydrogens (tertiary/aromatic N) is 1. The third-order valence-corrected chi connectivity index (χ3v) is 3.48. The fourth-order valence-corrected chi connectivity index (χ4v) is 1.93. The minimum absolute atomic E-state index is 0.214. The van der Waals surface area contributed by atoms with Crippen LogP contribution >= 0.6 is 0 Å². The van der Waals surface area contributed by atoms with E-state index in [4.69, 9.17) is 4.74 Å². The lowest BCUT2D eigenvalue weighted by atomic mass is 10.1. The van der Waals surface area contributed by atoms with Crippen LogP contribution in [0, 0.1) is 5.92 Å². The minimum atomic E-state index is 0.214. The molecule has 0 N–H and O–H groups in total. The summed E-state index contributed by atoms with van der Waals surface area (Å²) in [4.78, 5) is 14.1. The van der Waals surface area contributed by atoms with E-state index in [1.54, 1.807) is 0 Å². The predicted octanol–water partition coefficient (Wildman–Crippen LogP) is 2.62. The molecule has 0 aliphatic heterocycles. The molecule has 0 saturated heterocycles. The van der Waals surface area contributed by atoms with Crippen LogP contribution in [-0.2, 0) is 4.74 Å². The van der Waals surface area contributed by atoms with E-state index in [2.05, 4.69) is 4.90 Å². The van der Waals surface area contributed by atoms with Crippen molar-refractivity contribution in [1.82, 2.24) is 4.90 Å². The Morgan fingerprint density at radius 3 is 2.68 bits per heavy atom. The zero-order valence-electron chi connectivity index (χ0n) is 11.7. The van der Waals surface area contributed by atoms with Gasteiger partial charge in [-0.25, -0.2) is 0 Å². The average molecular weight is 261 g/mol. The van der Waals surface area contributed by atoms with E-state index in [1.807, 2.05) is 37.4 Å². The summed E-state index contributed by atoms with van der Waals surface area (Å²) in [7, 11) is 2.04. The minimum Gasteiger partial charge on any atom is -0.380 e. The summed E-state index contributed by atoms with van der Waals surface area (Å²) in [5.74, 6) is 1.04. The molecule has 1 aromatic rings. The third-order valence-electron chi connectivity index (χ3n) is 3.48. The second kappa shape index (κ2) is 7.41. The van der Waals surface area contributed by atoms with Crippen LogP contribution < -0.4 is 0 Å². The molecular formula is C16H23NO2. The molecule has 0 radical (unpaired) electrons. The van der Waals surface area contributed by atoms with Crippen LogP contribution in [0.2, 0.25) is 0 Å². The van der Waals surface area contributed by atoms with Crippen molar-refractivity contribution in [3.05, 3.63) is 35.9 Å². The van der Waals surface area contributed by atoms with E-state index in [0.717, 1.165) is 37.8 Å². The number of rotatable bonds is 9. The van der Waals surface area contributed by atoms with Crippen molar-refractivity contribution >= 4 is 5.78 Å². The van der Waals surface area contributed by atoms with Gasteiger partial charge in [-0.1, -0.05) is 30.3 Å². The molecule has 1 fully saturated rings. The van der Waals surface area contributed by atoms with Gasteiger partial charge in [0.2, 0.25) is 0 Å². The highest BCUT2D eigenvalue weighted by Gasteiger charge is 2.20. The van der Waals surface area contributed by atoms with Gasteiger partial charge in [0.25, 0.3) is 0 Å². The lowest BCUT2D eigenvalue weighted by molar-refractivity contribution is 0.0918. The van der Waals surface area contributed by atoms with Crippen LogP contribution in [-0.4, -0.2) is 44.0 Å². The summed E-state index contributed by atoms with van der Waals surface area (Å²) in [5.41, 5.74) is 0.806. The Morgan fingerprint density at radius 2 is 2.00 bits per heavy atom. The predicted molar refractivity (Wildman–Crippen MR) is 76.4 cm³/mol. The van der Waals surface area contributed by atoms with Gasteiger partial charge in [-0.05, 0) is 25.8 Å². The second-order valence-electron chi connectivity index (χ2n) is 5.36. The molecule has 0 unspecified atom stereocenters. The van der Waals surface area contributed by atoms with Gasteiger partial charge < -0.3 is 9.64 Å². The number of Topliss-reactive ketones (excluding diaryl/α,β-unsaturated/α-hetero) is 1. The first-order valence-electron chi connectivity index (χ1n) is 7.10. The topological polar surface area (TPSA) is 29.5 Å². The molecule has 0 atom stereocenters. The van der Waals surface area contributed by atoms with E-state index in [0.29, 0.717) is 6.42 Å². The molecule has 0 aromatic heterocycles. The number of ketones is 1. The van der Waals surface area contributed by atoms with Gasteiger partial charge in [0.05, 0.1) is 6.61 Å². The molecule has 0 bridgehead atoms. The van der Waals surface area contributed by atoms with Crippen LogP contribution in [0.25, 0.3) is 0 Å². The molecular weight excluding hydrogens is 238 g/mol. The smallest absolute Gasteiger partial charge is 0.164 e. The van der Waals surface area contributed by atoms with Crippen LogP contribution in [0.3, 0.4) is 0 Å². The first kappa shape index (κ1) is 14.2. The monoisotopic (exact) mass is 261 g/mol. The van der Waals surface area contributed by atoms with E-state index in [9.17, 15) is 4.79 Å². The maximum absolute atomic E-state index is 11.9. The molecule has 3 nitrogen and oxygen atoms in total. The Hall–Kier alpha value is -1.19. The lowest BCUT2D eigenvalue weighted by Crippen LogP contribution is -2.26. The molecule has 19 heavy (non-hydrogen) atoms. The molecule has 2 rings (SSSR count). The van der Waals surface area contributed by atoms with Crippen molar-refractivity contribution in [2.45, 2.75) is 19.3 Å². The summed E-state index contributed by atoms with van der Waals surface area (Å²) in [6, 6.07) is 9.49. The van der Waals surface area contributed by atoms with Crippen molar-refractivity contribution in [2.24, 2.45) is 5.92 Å². The van der Waals surface area contributed by atoms with Crippen molar-refractivity contribution < 1.29 is 9.53 Å². The van der Waals surface area contributed by atoms with Gasteiger partial charge in [0.1, 0.15) is 0 Å². The van der Waals surface area contributed by atoms with Crippen LogP contribution in [0.1, 0.15) is 29.6 Å². The van der Waals surface area contributed by atoms with Gasteiger partial charge in [-0.2, -0.15) is 0 Å². The number of carbonyl (C=O) groups excluding carboxylic acids is 1. The quantitative estimate of drug-likeness (QED) is 0.505. The molecule has 0 amide bonds. The SMILES string of the molecule is CN(CCOCC1CC1)CCC(=O)c1ccccc1. The Bertz CT molecular complexity index is 387. The van der Waals surface area contributed by atoms with E-state index >= 15 is 0 Å². The molecule has 0 spiro atoms. The largest absolute Gasteiger partial charge is 0.380 e. The lowest BCUT2D eigenvalue weighted by Gasteiger charge is -2.16. The summed E-state index contributed by atoms with van der Waals surface area (Å²) in [6.07, 6.45) is 3.24. The average Bonchev–Trinajstić information content (AvgIpc) is 3.26. The molecule has 104 valence electrons. The number of carbonyl (C=O) groups is 1. The van der Waals surface area contributed by atoms with Crippen LogP contribution in [0.5, 0.6) is 0 Å². The van der Waals surface area contributed by atoms with E-state index in [-0.39, 0.29) is 5.78 Å². The zero-order valence-corrected chi connectivity index (χ0v) is 11.7. The maximum atomic E-state index is 11.9. The summed E-state index contributed by atoms with van der Waals surface area (Å²) >= 11 is 0. The summed E-state index contributed by atoms with van der Waals surface area (Å²) < 4.78 is 5.59. The van der Waals surface area contributed by atoms with Crippen LogP contribution in [0.15, 0.2) is 30.3 Å². The fraction of sp³-hybridized carbons (Fsp3) is 0.562. The Labute approximate surface area is 115 Å². The number of ether oxygens (including phenoxy) is 1. The summed E-state index contributed by atoms with van der Waals surface area (Å²) in [6.45, 7) is 3.37. The highest BCUT2D eigenvalue weighted by molar-refractivity contribution is 5.96. The Balaban J connectivity index is 1.57. The first-order valence-corrected chi connectivity index (χ1v) is 7.10. The number of benzene rings is 1. The number of likely N-dealkylation sites (N-methyl/N-ethyl adjacent to an activating group) is 1. The molecule has 1 aliphatic carbocycles. The van der Waals surface area contributed by atoms with Gasteiger partial charge in [-0.3, -0.25) is 4.79 Å². The van der Waals surface area contributed by atoms with Crippen LogP contribution in [0.4, 0.5) is 0 Å². The van der Waals surface area contributed by atoms with Crippen molar-refractivity contribution in [3.8, 4) is 0 Å². The van der Waals surface area contributed by atoms with Gasteiger partial charge in [0.15, 0.2) is 5.78 Å². The van der Waals surface area contributed by atoms with Crippen molar-refractivity contribution in [3.63, 3.8) is 0 Å². The highest BCUT2D eigenvalue weighted by atomic mass is 16.5. The maximum Gasteiger partial charge on any atom is 0.164 e. The molecule has 0 heterocycles. The third kappa shape index (κ3) is 5.53. The van der Waals surface area contributed by atoms with Crippen molar-refractivity contribution in [1.29, 1.82) is 0 Å². The van der Waals surface area contributed by atoms with Gasteiger partial charge in [-0.15, -0.1) is 0 Å². The fourth-order valence-electron chi connectivity index (χ4n) is 1.93. The number of hydrogen-bond donors (Lipinski definition) is 0. The molecule has 1 aliphatic rings. The molecule has 1 saturated carbocycles. The zero-order chi connectivity index (χ0) is 13.5. The second-order valence-corrected chi connectivity index (χ2v) is 5.36. The normalized spacial score (nSPS) is 14.8. The number of hydrogen-bond acceptors (Lipinski definition) is 3. The van der Waals surface area contributed by atoms with E-state index in [1.165, 1.54) is 12.8 Å². The Kier molecular flexibility index (Phi) is 5.55. The van der Waals surface area contributed by atoms with Crippen molar-refractivity contribution in [2.75, 3.05) is 33.4 Å². The van der Waals surface area contributed by atoms with Gasteiger partial charge in [0, 0.05) is 31.7 Å². The summed E-state index contributed by atoms with van der Waals surface area (Å²) in [5, 5.41) is 0. The molecule has 1 aromatic carbocycles. The van der Waals surface area contributed by atoms with Gasteiger partial charge >= 0.3 is 0 Å². The Morgan fingerprint density at radius 1 is 1.26 bits per heavy atom. The molecule has 3 heteroatoms. The van der Waals surface area contributed by atoms with E-state index < -0.39 is 0 Å². The standard InChI is InChI=1S/C16H23NO2/c1-17(11-12-19-13-14-7-8-14)10-9-16(18)15-5-3-2-4-6-15/h2-6,14H,7-13H2,1H3. The highest BCUT2D eigenvalue weighted by Crippen LogP contribution is 2.28. The first-order chi connectivity index (χ1) is 9.25.